The van der Waals surface area contributed by atoms with Gasteiger partial charge in [-0.1, -0.05) is 30.0 Å². The smallest absolute Gasteiger partial charge is 0.233 e. The highest BCUT2D eigenvalue weighted by molar-refractivity contribution is 7.99. The molecule has 2 heterocycles. The van der Waals surface area contributed by atoms with Crippen molar-refractivity contribution >= 4 is 29.0 Å². The van der Waals surface area contributed by atoms with Crippen molar-refractivity contribution in [3.8, 4) is 0 Å². The van der Waals surface area contributed by atoms with Gasteiger partial charge in [0.1, 0.15) is 12.1 Å². The molecular formula is C19H21FN4OS2. The maximum atomic E-state index is 13.4. The van der Waals surface area contributed by atoms with E-state index in [4.69, 9.17) is 0 Å². The van der Waals surface area contributed by atoms with Gasteiger partial charge in [0.05, 0.1) is 5.75 Å². The van der Waals surface area contributed by atoms with Gasteiger partial charge in [0.2, 0.25) is 5.91 Å². The first-order chi connectivity index (χ1) is 13.2. The highest BCUT2D eigenvalue weighted by atomic mass is 32.2. The van der Waals surface area contributed by atoms with Crippen LogP contribution in [-0.4, -0.2) is 37.9 Å². The number of thioether (sulfide) groups is 1. The first kappa shape index (κ1) is 19.6. The summed E-state index contributed by atoms with van der Waals surface area (Å²) in [7, 11) is 0. The molecule has 0 fully saturated rings. The Hall–Kier alpha value is -2.19. The van der Waals surface area contributed by atoms with Gasteiger partial charge in [0.15, 0.2) is 5.16 Å². The molecule has 0 atom stereocenters. The Labute approximate surface area is 166 Å². The van der Waals surface area contributed by atoms with Crippen molar-refractivity contribution in [2.45, 2.75) is 31.6 Å². The average molecular weight is 405 g/mol. The van der Waals surface area contributed by atoms with Crippen molar-refractivity contribution in [1.29, 1.82) is 0 Å². The van der Waals surface area contributed by atoms with Gasteiger partial charge in [0.25, 0.3) is 0 Å². The van der Waals surface area contributed by atoms with Gasteiger partial charge in [-0.2, -0.15) is 0 Å². The van der Waals surface area contributed by atoms with E-state index in [2.05, 4.69) is 21.6 Å². The van der Waals surface area contributed by atoms with Crippen molar-refractivity contribution in [2.75, 3.05) is 12.3 Å². The van der Waals surface area contributed by atoms with Crippen LogP contribution in [0.15, 0.2) is 53.3 Å². The Kier molecular flexibility index (Phi) is 7.00. The third-order valence-corrected chi connectivity index (χ3v) is 5.98. The second kappa shape index (κ2) is 9.66. The lowest BCUT2D eigenvalue weighted by Gasteiger charge is -2.20. The van der Waals surface area contributed by atoms with Gasteiger partial charge in [-0.15, -0.1) is 21.5 Å². The fourth-order valence-electron chi connectivity index (χ4n) is 2.64. The molecule has 1 amide bonds. The third-order valence-electron chi connectivity index (χ3n) is 4.08. The monoisotopic (exact) mass is 404 g/mol. The van der Waals surface area contributed by atoms with Crippen molar-refractivity contribution in [1.82, 2.24) is 19.7 Å². The van der Waals surface area contributed by atoms with E-state index in [0.29, 0.717) is 13.1 Å². The fourth-order valence-corrected chi connectivity index (χ4v) is 4.19. The molecule has 0 aliphatic carbocycles. The van der Waals surface area contributed by atoms with Crippen LogP contribution in [0, 0.1) is 5.82 Å². The van der Waals surface area contributed by atoms with Crippen LogP contribution in [0.3, 0.4) is 0 Å². The number of hydrogen-bond donors (Lipinski definition) is 0. The molecule has 0 saturated heterocycles. The quantitative estimate of drug-likeness (QED) is 0.508. The number of carbonyl (C=O) groups is 1. The zero-order chi connectivity index (χ0) is 19.1. The van der Waals surface area contributed by atoms with Gasteiger partial charge < -0.3 is 9.47 Å². The number of carbonyl (C=O) groups excluding carboxylic acids is 1. The Balaban J connectivity index is 1.54. The zero-order valence-corrected chi connectivity index (χ0v) is 16.7. The maximum Gasteiger partial charge on any atom is 0.233 e. The van der Waals surface area contributed by atoms with Crippen molar-refractivity contribution in [3.05, 3.63) is 64.4 Å². The number of aromatic nitrogens is 3. The molecular weight excluding hydrogens is 383 g/mol. The summed E-state index contributed by atoms with van der Waals surface area (Å²) in [5, 5.41) is 10.9. The molecule has 3 rings (SSSR count). The van der Waals surface area contributed by atoms with Crippen molar-refractivity contribution in [3.63, 3.8) is 0 Å². The number of amides is 1. The molecule has 2 aromatic heterocycles. The standard InChI is InChI=1S/C19H21FN4OS2/c1-2-23(12-15-5-3-6-16(20)11-15)18(25)13-27-19-22-21-14-24(19)9-8-17-7-4-10-26-17/h3-7,10-11,14H,2,8-9,12-13H2,1H3. The minimum Gasteiger partial charge on any atom is -0.338 e. The number of hydrogen-bond acceptors (Lipinski definition) is 5. The lowest BCUT2D eigenvalue weighted by atomic mass is 10.2. The summed E-state index contributed by atoms with van der Waals surface area (Å²) in [4.78, 5) is 15.6. The number of rotatable bonds is 9. The summed E-state index contributed by atoms with van der Waals surface area (Å²) in [5.41, 5.74) is 0.786. The Bertz CT molecular complexity index is 866. The molecule has 8 heteroatoms. The Morgan fingerprint density at radius 1 is 1.33 bits per heavy atom. The molecule has 0 saturated carbocycles. The summed E-state index contributed by atoms with van der Waals surface area (Å²) < 4.78 is 15.3. The van der Waals surface area contributed by atoms with Crippen LogP contribution in [0.5, 0.6) is 0 Å². The SMILES string of the molecule is CCN(Cc1cccc(F)c1)C(=O)CSc1nncn1CCc1cccs1. The van der Waals surface area contributed by atoms with Crippen LogP contribution in [0.25, 0.3) is 0 Å². The van der Waals surface area contributed by atoms with E-state index in [0.717, 1.165) is 23.7 Å². The highest BCUT2D eigenvalue weighted by Gasteiger charge is 2.15. The molecule has 0 bridgehead atoms. The van der Waals surface area contributed by atoms with E-state index in [1.165, 1.54) is 28.8 Å². The molecule has 0 N–H and O–H groups in total. The van der Waals surface area contributed by atoms with E-state index in [1.807, 2.05) is 23.6 Å². The molecule has 1 aromatic carbocycles. The molecule has 3 aromatic rings. The van der Waals surface area contributed by atoms with Gasteiger partial charge >= 0.3 is 0 Å². The summed E-state index contributed by atoms with van der Waals surface area (Å²) in [6.07, 6.45) is 2.61. The van der Waals surface area contributed by atoms with Crippen molar-refractivity contribution < 1.29 is 9.18 Å². The van der Waals surface area contributed by atoms with Crippen molar-refractivity contribution in [2.24, 2.45) is 0 Å². The summed E-state index contributed by atoms with van der Waals surface area (Å²) in [6, 6.07) is 10.5. The first-order valence-corrected chi connectivity index (χ1v) is 10.6. The van der Waals surface area contributed by atoms with Gasteiger partial charge in [-0.05, 0) is 42.5 Å². The Morgan fingerprint density at radius 2 is 2.22 bits per heavy atom. The van der Waals surface area contributed by atoms with Crippen LogP contribution in [0.1, 0.15) is 17.4 Å². The molecule has 0 aliphatic heterocycles. The van der Waals surface area contributed by atoms with E-state index < -0.39 is 0 Å². The topological polar surface area (TPSA) is 51.0 Å². The lowest BCUT2D eigenvalue weighted by Crippen LogP contribution is -2.31. The molecule has 142 valence electrons. The molecule has 0 radical (unpaired) electrons. The minimum absolute atomic E-state index is 0.000400. The van der Waals surface area contributed by atoms with E-state index in [1.54, 1.807) is 28.6 Å². The minimum atomic E-state index is -0.288. The van der Waals surface area contributed by atoms with Gasteiger partial charge in [-0.25, -0.2) is 4.39 Å². The predicted molar refractivity (Wildman–Crippen MR) is 106 cm³/mol. The maximum absolute atomic E-state index is 13.4. The van der Waals surface area contributed by atoms with E-state index in [9.17, 15) is 9.18 Å². The normalized spacial score (nSPS) is 10.9. The summed E-state index contributed by atoms with van der Waals surface area (Å²) in [6.45, 7) is 3.68. The predicted octanol–water partition coefficient (Wildman–Crippen LogP) is 3.86. The summed E-state index contributed by atoms with van der Waals surface area (Å²) in [5.74, 6) is -0.00954. The number of nitrogens with zero attached hydrogens (tertiary/aromatic N) is 4. The highest BCUT2D eigenvalue weighted by Crippen LogP contribution is 2.18. The Morgan fingerprint density at radius 3 is 2.96 bits per heavy atom. The second-order valence-corrected chi connectivity index (χ2v) is 7.94. The molecule has 27 heavy (non-hydrogen) atoms. The number of thiophene rings is 1. The van der Waals surface area contributed by atoms with Crippen LogP contribution in [-0.2, 0) is 24.3 Å². The average Bonchev–Trinajstić information content (AvgIpc) is 3.34. The third kappa shape index (κ3) is 5.64. The second-order valence-electron chi connectivity index (χ2n) is 5.96. The number of benzene rings is 1. The fraction of sp³-hybridized carbons (Fsp3) is 0.316. The molecule has 5 nitrogen and oxygen atoms in total. The van der Waals surface area contributed by atoms with Crippen LogP contribution < -0.4 is 0 Å². The molecule has 0 aliphatic rings. The largest absolute Gasteiger partial charge is 0.338 e. The van der Waals surface area contributed by atoms with Gasteiger partial charge in [-0.3, -0.25) is 4.79 Å². The van der Waals surface area contributed by atoms with Crippen LogP contribution in [0.2, 0.25) is 0 Å². The van der Waals surface area contributed by atoms with Gasteiger partial charge in [0, 0.05) is 24.5 Å². The lowest BCUT2D eigenvalue weighted by molar-refractivity contribution is -0.128. The number of aryl methyl sites for hydroxylation is 2. The van der Waals surface area contributed by atoms with Crippen LogP contribution in [0.4, 0.5) is 4.39 Å². The van der Waals surface area contributed by atoms with E-state index in [-0.39, 0.29) is 17.5 Å². The van der Waals surface area contributed by atoms with E-state index >= 15 is 0 Å². The number of halogens is 1. The molecule has 0 unspecified atom stereocenters. The van der Waals surface area contributed by atoms with Crippen LogP contribution >= 0.6 is 23.1 Å². The summed E-state index contributed by atoms with van der Waals surface area (Å²) >= 11 is 3.11. The molecule has 0 spiro atoms. The zero-order valence-electron chi connectivity index (χ0n) is 15.0. The first-order valence-electron chi connectivity index (χ1n) is 8.71.